The number of rotatable bonds is 8. The van der Waals surface area contributed by atoms with Gasteiger partial charge in [-0.3, -0.25) is 14.5 Å². The molecule has 1 heterocycles. The summed E-state index contributed by atoms with van der Waals surface area (Å²) in [5.74, 6) is -0.636. The van der Waals surface area contributed by atoms with E-state index in [1.807, 2.05) is 6.92 Å². The third kappa shape index (κ3) is 4.63. The van der Waals surface area contributed by atoms with E-state index in [0.717, 1.165) is 5.56 Å². The Kier molecular flexibility index (Phi) is 7.83. The van der Waals surface area contributed by atoms with Crippen molar-refractivity contribution < 1.29 is 33.6 Å². The number of methoxy groups -OCH3 is 3. The number of amides is 1. The summed E-state index contributed by atoms with van der Waals surface area (Å²) >= 11 is 6.39. The van der Waals surface area contributed by atoms with Gasteiger partial charge in [-0.1, -0.05) is 29.8 Å². The minimum Gasteiger partial charge on any atom is -0.507 e. The first-order chi connectivity index (χ1) is 18.3. The maximum Gasteiger partial charge on any atom is 0.300 e. The molecule has 1 unspecified atom stereocenters. The van der Waals surface area contributed by atoms with E-state index in [4.69, 9.17) is 30.5 Å². The lowest BCUT2D eigenvalue weighted by Gasteiger charge is -2.27. The summed E-state index contributed by atoms with van der Waals surface area (Å²) in [6.07, 6.45) is 0. The summed E-state index contributed by atoms with van der Waals surface area (Å²) in [6.45, 7) is 4.00. The molecule has 1 amide bonds. The van der Waals surface area contributed by atoms with E-state index in [-0.39, 0.29) is 21.9 Å². The number of hydrogen-bond donors (Lipinski definition) is 1. The number of hydrogen-bond acceptors (Lipinski definition) is 7. The molecule has 0 radical (unpaired) electrons. The van der Waals surface area contributed by atoms with Gasteiger partial charge in [-0.2, -0.15) is 0 Å². The quantitative estimate of drug-likeness (QED) is 0.224. The zero-order valence-corrected chi connectivity index (χ0v) is 22.5. The highest BCUT2D eigenvalue weighted by Gasteiger charge is 2.48. The molecule has 1 atom stereocenters. The number of ketones is 1. The number of halogens is 1. The average molecular weight is 538 g/mol. The summed E-state index contributed by atoms with van der Waals surface area (Å²) in [5, 5.41) is 11.9. The van der Waals surface area contributed by atoms with E-state index in [1.54, 1.807) is 61.5 Å². The van der Waals surface area contributed by atoms with E-state index in [0.29, 0.717) is 35.1 Å². The first kappa shape index (κ1) is 26.9. The second-order valence-electron chi connectivity index (χ2n) is 8.51. The van der Waals surface area contributed by atoms with Gasteiger partial charge in [0.2, 0.25) is 0 Å². The predicted octanol–water partition coefficient (Wildman–Crippen LogP) is 5.70. The number of benzene rings is 3. The Labute approximate surface area is 225 Å². The van der Waals surface area contributed by atoms with Crippen LogP contribution in [0.4, 0.5) is 5.69 Å². The van der Waals surface area contributed by atoms with Crippen molar-refractivity contribution in [1.82, 2.24) is 0 Å². The van der Waals surface area contributed by atoms with Crippen molar-refractivity contribution in [1.29, 1.82) is 0 Å². The molecule has 3 aromatic carbocycles. The van der Waals surface area contributed by atoms with Crippen molar-refractivity contribution >= 4 is 34.7 Å². The Morgan fingerprint density at radius 3 is 2.32 bits per heavy atom. The molecule has 0 saturated carbocycles. The molecular formula is C29H28ClNO7. The highest BCUT2D eigenvalue weighted by molar-refractivity contribution is 6.52. The molecule has 1 aliphatic heterocycles. The Bertz CT molecular complexity index is 1430. The Hall–Kier alpha value is -4.17. The fourth-order valence-electron chi connectivity index (χ4n) is 4.61. The molecule has 0 aliphatic carbocycles. The smallest absolute Gasteiger partial charge is 0.300 e. The van der Waals surface area contributed by atoms with Gasteiger partial charge in [-0.25, -0.2) is 0 Å². The maximum absolute atomic E-state index is 13.6. The van der Waals surface area contributed by atoms with E-state index < -0.39 is 23.5 Å². The average Bonchev–Trinajstić information content (AvgIpc) is 3.17. The number of carbonyl (C=O) groups excluding carboxylic acids is 2. The second-order valence-corrected chi connectivity index (χ2v) is 8.92. The SMILES string of the molecule is CCOc1cc(C2/C(=C(\O)c3cc(C)cc(Cl)c3OC)C(=O)C(=O)N2c2ccccc2OC)ccc1OC. The lowest BCUT2D eigenvalue weighted by atomic mass is 9.94. The van der Waals surface area contributed by atoms with Crippen LogP contribution in [0, 0.1) is 6.92 Å². The van der Waals surface area contributed by atoms with Gasteiger partial charge in [0, 0.05) is 0 Å². The number of Topliss-reactive ketones (excluding diaryl/α,β-unsaturated/α-hetero) is 1. The van der Waals surface area contributed by atoms with Crippen LogP contribution in [-0.2, 0) is 9.59 Å². The van der Waals surface area contributed by atoms with Gasteiger partial charge in [-0.15, -0.1) is 0 Å². The molecule has 198 valence electrons. The van der Waals surface area contributed by atoms with E-state index in [1.165, 1.54) is 26.2 Å². The van der Waals surface area contributed by atoms with E-state index in [9.17, 15) is 14.7 Å². The molecule has 38 heavy (non-hydrogen) atoms. The van der Waals surface area contributed by atoms with Crippen LogP contribution in [0.2, 0.25) is 5.02 Å². The number of carbonyl (C=O) groups is 2. The van der Waals surface area contributed by atoms with Crippen molar-refractivity contribution in [3.63, 3.8) is 0 Å². The first-order valence-corrected chi connectivity index (χ1v) is 12.2. The van der Waals surface area contributed by atoms with Crippen LogP contribution in [0.15, 0.2) is 60.2 Å². The van der Waals surface area contributed by atoms with Gasteiger partial charge in [0.25, 0.3) is 11.7 Å². The standard InChI is InChI=1S/C29H28ClNO7/c1-6-38-23-15-17(11-12-22(23)36-4)25-24(26(32)18-13-16(2)14-19(30)28(18)37-5)27(33)29(34)31(25)20-9-7-8-10-21(20)35-3/h7-15,25,32H,6H2,1-5H3/b26-24+. The molecule has 0 spiro atoms. The molecule has 0 aromatic heterocycles. The molecule has 8 nitrogen and oxygen atoms in total. The third-order valence-electron chi connectivity index (χ3n) is 6.24. The Morgan fingerprint density at radius 2 is 1.66 bits per heavy atom. The van der Waals surface area contributed by atoms with Crippen molar-refractivity contribution in [3.8, 4) is 23.0 Å². The Morgan fingerprint density at radius 1 is 0.947 bits per heavy atom. The van der Waals surface area contributed by atoms with E-state index in [2.05, 4.69) is 0 Å². The summed E-state index contributed by atoms with van der Waals surface area (Å²) in [4.78, 5) is 28.5. The van der Waals surface area contributed by atoms with Crippen LogP contribution in [0.25, 0.3) is 5.76 Å². The zero-order chi connectivity index (χ0) is 27.6. The van der Waals surface area contributed by atoms with Crippen molar-refractivity contribution in [3.05, 3.63) is 81.9 Å². The topological polar surface area (TPSA) is 94.5 Å². The summed E-state index contributed by atoms with van der Waals surface area (Å²) in [6, 6.07) is 14.2. The van der Waals surface area contributed by atoms with Crippen LogP contribution in [-0.4, -0.2) is 44.7 Å². The zero-order valence-electron chi connectivity index (χ0n) is 21.7. The van der Waals surface area contributed by atoms with Crippen LogP contribution in [0.3, 0.4) is 0 Å². The molecule has 4 rings (SSSR count). The lowest BCUT2D eigenvalue weighted by molar-refractivity contribution is -0.132. The number of ether oxygens (including phenoxy) is 4. The number of anilines is 1. The predicted molar refractivity (Wildman–Crippen MR) is 145 cm³/mol. The Balaban J connectivity index is 2.05. The fourth-order valence-corrected chi connectivity index (χ4v) is 4.97. The highest BCUT2D eigenvalue weighted by Crippen LogP contribution is 2.47. The number of aryl methyl sites for hydroxylation is 1. The van der Waals surface area contributed by atoms with Crippen molar-refractivity contribution in [2.45, 2.75) is 19.9 Å². The van der Waals surface area contributed by atoms with Crippen LogP contribution in [0.5, 0.6) is 23.0 Å². The van der Waals surface area contributed by atoms with Gasteiger partial charge in [0.05, 0.1) is 55.8 Å². The van der Waals surface area contributed by atoms with Crippen molar-refractivity contribution in [2.24, 2.45) is 0 Å². The highest BCUT2D eigenvalue weighted by atomic mass is 35.5. The number of nitrogens with zero attached hydrogens (tertiary/aromatic N) is 1. The minimum atomic E-state index is -1.03. The second kappa shape index (κ2) is 11.1. The largest absolute Gasteiger partial charge is 0.507 e. The molecule has 0 bridgehead atoms. The number of para-hydroxylation sites is 2. The van der Waals surface area contributed by atoms with Gasteiger partial charge < -0.3 is 24.1 Å². The minimum absolute atomic E-state index is 0.131. The molecule has 1 aliphatic rings. The third-order valence-corrected chi connectivity index (χ3v) is 6.52. The van der Waals surface area contributed by atoms with Gasteiger partial charge in [-0.05, 0) is 61.4 Å². The summed E-state index contributed by atoms with van der Waals surface area (Å²) in [5.41, 5.74) is 1.67. The number of aliphatic hydroxyl groups excluding tert-OH is 1. The molecule has 1 N–H and O–H groups in total. The number of aliphatic hydroxyl groups is 1. The molecule has 9 heteroatoms. The first-order valence-electron chi connectivity index (χ1n) is 11.9. The molecule has 1 saturated heterocycles. The van der Waals surface area contributed by atoms with Crippen LogP contribution >= 0.6 is 11.6 Å². The molecule has 1 fully saturated rings. The normalized spacial score (nSPS) is 16.5. The maximum atomic E-state index is 13.6. The van der Waals surface area contributed by atoms with Crippen LogP contribution in [0.1, 0.15) is 29.7 Å². The molecule has 3 aromatic rings. The lowest BCUT2D eigenvalue weighted by Crippen LogP contribution is -2.29. The summed E-state index contributed by atoms with van der Waals surface area (Å²) in [7, 11) is 4.41. The molecular weight excluding hydrogens is 510 g/mol. The van der Waals surface area contributed by atoms with Crippen molar-refractivity contribution in [2.75, 3.05) is 32.8 Å². The summed E-state index contributed by atoms with van der Waals surface area (Å²) < 4.78 is 22.1. The van der Waals surface area contributed by atoms with Gasteiger partial charge in [0.15, 0.2) is 11.5 Å². The van der Waals surface area contributed by atoms with E-state index >= 15 is 0 Å². The van der Waals surface area contributed by atoms with Gasteiger partial charge >= 0.3 is 0 Å². The fraction of sp³-hybridized carbons (Fsp3) is 0.241. The van der Waals surface area contributed by atoms with Crippen LogP contribution < -0.4 is 23.8 Å². The monoisotopic (exact) mass is 537 g/mol. The van der Waals surface area contributed by atoms with Gasteiger partial charge in [0.1, 0.15) is 17.3 Å².